The molecule has 1 heterocycles. The van der Waals surface area contributed by atoms with E-state index in [1.165, 1.54) is 6.08 Å². The Balaban J connectivity index is 1.45. The van der Waals surface area contributed by atoms with Crippen LogP contribution >= 0.6 is 11.3 Å². The second-order valence-electron chi connectivity index (χ2n) is 6.59. The molecule has 2 N–H and O–H groups in total. The first kappa shape index (κ1) is 19.5. The van der Waals surface area contributed by atoms with Crippen molar-refractivity contribution in [1.29, 1.82) is 0 Å². The largest absolute Gasteiger partial charge is 0.355 e. The lowest BCUT2D eigenvalue weighted by Crippen LogP contribution is -2.17. The van der Waals surface area contributed by atoms with Crippen molar-refractivity contribution in [2.45, 2.75) is 0 Å². The highest BCUT2D eigenvalue weighted by Crippen LogP contribution is 2.31. The molecule has 30 heavy (non-hydrogen) atoms. The molecule has 5 nitrogen and oxygen atoms in total. The molecule has 0 aliphatic heterocycles. The summed E-state index contributed by atoms with van der Waals surface area (Å²) in [5.41, 5.74) is 4.04. The van der Waals surface area contributed by atoms with Gasteiger partial charge in [-0.1, -0.05) is 36.4 Å². The smallest absolute Gasteiger partial charge is 0.251 e. The normalized spacial score (nSPS) is 11.0. The number of fused-ring (bicyclic) bond motifs is 1. The van der Waals surface area contributed by atoms with Gasteiger partial charge in [0.25, 0.3) is 5.91 Å². The molecule has 0 aliphatic rings. The summed E-state index contributed by atoms with van der Waals surface area (Å²) in [7, 11) is 1.59. The van der Waals surface area contributed by atoms with Crippen molar-refractivity contribution in [3.05, 3.63) is 90.0 Å². The van der Waals surface area contributed by atoms with Gasteiger partial charge < -0.3 is 10.6 Å². The van der Waals surface area contributed by atoms with Crippen molar-refractivity contribution in [3.63, 3.8) is 0 Å². The Morgan fingerprint density at radius 3 is 2.53 bits per heavy atom. The monoisotopic (exact) mass is 413 g/mol. The van der Waals surface area contributed by atoms with E-state index in [-0.39, 0.29) is 11.8 Å². The third kappa shape index (κ3) is 4.45. The van der Waals surface area contributed by atoms with Crippen molar-refractivity contribution in [3.8, 4) is 10.6 Å². The minimum absolute atomic E-state index is 0.142. The molecule has 1 aromatic heterocycles. The minimum atomic E-state index is -0.230. The Kier molecular flexibility index (Phi) is 5.68. The highest BCUT2D eigenvalue weighted by molar-refractivity contribution is 7.21. The molecule has 0 radical (unpaired) electrons. The van der Waals surface area contributed by atoms with Crippen molar-refractivity contribution < 1.29 is 9.59 Å². The van der Waals surface area contributed by atoms with Gasteiger partial charge >= 0.3 is 0 Å². The molecule has 0 spiro atoms. The van der Waals surface area contributed by atoms with Crippen molar-refractivity contribution in [1.82, 2.24) is 10.3 Å². The summed E-state index contributed by atoms with van der Waals surface area (Å²) in [6.45, 7) is 0. The van der Waals surface area contributed by atoms with E-state index in [9.17, 15) is 9.59 Å². The number of rotatable bonds is 5. The van der Waals surface area contributed by atoms with Gasteiger partial charge in [-0.05, 0) is 48.0 Å². The zero-order valence-electron chi connectivity index (χ0n) is 16.3. The van der Waals surface area contributed by atoms with Gasteiger partial charge in [0.15, 0.2) is 0 Å². The Hall–Kier alpha value is -3.77. The number of carbonyl (C=O) groups excluding carboxylic acids is 2. The maximum absolute atomic E-state index is 12.3. The van der Waals surface area contributed by atoms with Crippen molar-refractivity contribution in [2.75, 3.05) is 12.4 Å². The van der Waals surface area contributed by atoms with Crippen LogP contribution in [0.25, 0.3) is 26.9 Å². The number of para-hydroxylation sites is 1. The SMILES string of the molecule is CNC(=O)c1ccc(/C=C/C(=O)Nc2cccc(-c3nc4ccccc4s3)c2)cc1. The molecule has 0 aliphatic carbocycles. The molecule has 3 aromatic carbocycles. The lowest BCUT2D eigenvalue weighted by Gasteiger charge is -2.04. The number of nitrogens with one attached hydrogen (secondary N) is 2. The molecular formula is C24H19N3O2S. The van der Waals surface area contributed by atoms with Gasteiger partial charge in [0.2, 0.25) is 5.91 Å². The first-order valence-electron chi connectivity index (χ1n) is 9.39. The molecule has 6 heteroatoms. The van der Waals surface area contributed by atoms with E-state index in [2.05, 4.69) is 15.6 Å². The standard InChI is InChI=1S/C24H19N3O2S/c1-25-23(29)17-12-9-16(10-13-17)11-14-22(28)26-19-6-4-5-18(15-19)24-27-20-7-2-3-8-21(20)30-24/h2-15H,1H3,(H,25,29)(H,26,28)/b14-11+. The second kappa shape index (κ2) is 8.71. The predicted molar refractivity (Wildman–Crippen MR) is 123 cm³/mol. The van der Waals surface area contributed by atoms with E-state index < -0.39 is 0 Å². The van der Waals surface area contributed by atoms with E-state index in [0.29, 0.717) is 11.3 Å². The van der Waals surface area contributed by atoms with Crippen LogP contribution in [0.4, 0.5) is 5.69 Å². The molecule has 4 aromatic rings. The number of thiazole rings is 1. The van der Waals surface area contributed by atoms with Crippen LogP contribution in [0.1, 0.15) is 15.9 Å². The third-order valence-corrected chi connectivity index (χ3v) is 5.58. The molecule has 2 amide bonds. The number of anilines is 1. The lowest BCUT2D eigenvalue weighted by molar-refractivity contribution is -0.111. The fourth-order valence-corrected chi connectivity index (χ4v) is 3.93. The summed E-state index contributed by atoms with van der Waals surface area (Å²) in [4.78, 5) is 28.6. The minimum Gasteiger partial charge on any atom is -0.355 e. The molecule has 148 valence electrons. The number of carbonyl (C=O) groups is 2. The van der Waals surface area contributed by atoms with Crippen LogP contribution in [0.5, 0.6) is 0 Å². The van der Waals surface area contributed by atoms with Crippen LogP contribution in [-0.4, -0.2) is 23.8 Å². The number of aromatic nitrogens is 1. The van der Waals surface area contributed by atoms with Crippen LogP contribution in [-0.2, 0) is 4.79 Å². The summed E-state index contributed by atoms with van der Waals surface area (Å²) in [6.07, 6.45) is 3.18. The number of amides is 2. The van der Waals surface area contributed by atoms with E-state index in [4.69, 9.17) is 0 Å². The van der Waals surface area contributed by atoms with E-state index in [0.717, 1.165) is 26.4 Å². The maximum atomic E-state index is 12.3. The maximum Gasteiger partial charge on any atom is 0.251 e. The molecule has 0 fully saturated rings. The first-order valence-corrected chi connectivity index (χ1v) is 10.2. The van der Waals surface area contributed by atoms with Crippen molar-refractivity contribution >= 4 is 45.1 Å². The lowest BCUT2D eigenvalue weighted by atomic mass is 10.1. The number of nitrogens with zero attached hydrogens (tertiary/aromatic N) is 1. The summed E-state index contributed by atoms with van der Waals surface area (Å²) in [5.74, 6) is -0.372. The Morgan fingerprint density at radius 2 is 1.77 bits per heavy atom. The van der Waals surface area contributed by atoms with Crippen LogP contribution in [0.3, 0.4) is 0 Å². The molecule has 0 atom stereocenters. The van der Waals surface area contributed by atoms with Gasteiger partial charge in [0.05, 0.1) is 10.2 Å². The van der Waals surface area contributed by atoms with Gasteiger partial charge in [-0.2, -0.15) is 0 Å². The highest BCUT2D eigenvalue weighted by atomic mass is 32.1. The predicted octanol–water partition coefficient (Wildman–Crippen LogP) is 4.97. The number of benzene rings is 3. The van der Waals surface area contributed by atoms with Gasteiger partial charge in [0, 0.05) is 29.9 Å². The van der Waals surface area contributed by atoms with E-state index in [1.807, 2.05) is 48.5 Å². The van der Waals surface area contributed by atoms with Gasteiger partial charge in [0.1, 0.15) is 5.01 Å². The molecule has 0 saturated heterocycles. The molecule has 0 saturated carbocycles. The van der Waals surface area contributed by atoms with Crippen LogP contribution in [0, 0.1) is 0 Å². The van der Waals surface area contributed by atoms with Crippen LogP contribution in [0.2, 0.25) is 0 Å². The summed E-state index contributed by atoms with van der Waals surface area (Å²) in [6, 6.07) is 22.7. The van der Waals surface area contributed by atoms with Crippen LogP contribution in [0.15, 0.2) is 78.9 Å². The average Bonchev–Trinajstić information content (AvgIpc) is 3.22. The summed E-state index contributed by atoms with van der Waals surface area (Å²) in [5, 5.41) is 6.37. The third-order valence-electron chi connectivity index (χ3n) is 4.50. The van der Waals surface area contributed by atoms with E-state index >= 15 is 0 Å². The van der Waals surface area contributed by atoms with E-state index in [1.54, 1.807) is 48.7 Å². The Morgan fingerprint density at radius 1 is 0.967 bits per heavy atom. The molecule has 0 bridgehead atoms. The molecule has 4 rings (SSSR count). The first-order chi connectivity index (χ1) is 14.6. The Labute approximate surface area is 178 Å². The van der Waals surface area contributed by atoms with Gasteiger partial charge in [-0.25, -0.2) is 4.98 Å². The summed E-state index contributed by atoms with van der Waals surface area (Å²) < 4.78 is 1.13. The number of hydrogen-bond donors (Lipinski definition) is 2. The topological polar surface area (TPSA) is 71.1 Å². The fraction of sp³-hybridized carbons (Fsp3) is 0.0417. The van der Waals surface area contributed by atoms with Gasteiger partial charge in [-0.15, -0.1) is 11.3 Å². The fourth-order valence-electron chi connectivity index (χ4n) is 2.97. The highest BCUT2D eigenvalue weighted by Gasteiger charge is 2.07. The summed E-state index contributed by atoms with van der Waals surface area (Å²) >= 11 is 1.62. The second-order valence-corrected chi connectivity index (χ2v) is 7.62. The van der Waals surface area contributed by atoms with Crippen molar-refractivity contribution in [2.24, 2.45) is 0 Å². The molecule has 0 unspecified atom stereocenters. The Bertz CT molecular complexity index is 1210. The number of hydrogen-bond acceptors (Lipinski definition) is 4. The van der Waals surface area contributed by atoms with Crippen LogP contribution < -0.4 is 10.6 Å². The zero-order valence-corrected chi connectivity index (χ0v) is 17.1. The quantitative estimate of drug-likeness (QED) is 0.454. The zero-order chi connectivity index (χ0) is 20.9. The van der Waals surface area contributed by atoms with Gasteiger partial charge in [-0.3, -0.25) is 9.59 Å². The molecular weight excluding hydrogens is 394 g/mol. The average molecular weight is 414 g/mol.